The van der Waals surface area contributed by atoms with Gasteiger partial charge < -0.3 is 5.73 Å². The van der Waals surface area contributed by atoms with Crippen molar-refractivity contribution in [1.29, 1.82) is 0 Å². The van der Waals surface area contributed by atoms with E-state index < -0.39 is 4.92 Å². The minimum atomic E-state index is -0.440. The van der Waals surface area contributed by atoms with E-state index in [2.05, 4.69) is 4.98 Å². The Labute approximate surface area is 75.7 Å². The van der Waals surface area contributed by atoms with E-state index in [1.807, 2.05) is 0 Å². The van der Waals surface area contributed by atoms with Gasteiger partial charge in [0.1, 0.15) is 5.69 Å². The van der Waals surface area contributed by atoms with Crippen molar-refractivity contribution in [3.8, 4) is 0 Å². The third kappa shape index (κ3) is 2.48. The van der Waals surface area contributed by atoms with Crippen molar-refractivity contribution in [1.82, 2.24) is 4.98 Å². The van der Waals surface area contributed by atoms with E-state index in [1.54, 1.807) is 13.0 Å². The lowest BCUT2D eigenvalue weighted by atomic mass is 10.1. The van der Waals surface area contributed by atoms with E-state index in [0.717, 1.165) is 0 Å². The fraction of sp³-hybridized carbons (Fsp3) is 0.375. The summed E-state index contributed by atoms with van der Waals surface area (Å²) >= 11 is 0. The van der Waals surface area contributed by atoms with Crippen LogP contribution in [0.25, 0.3) is 0 Å². The molecule has 0 radical (unpaired) electrons. The molecule has 1 rings (SSSR count). The molecule has 0 aliphatic heterocycles. The predicted molar refractivity (Wildman–Crippen MR) is 48.2 cm³/mol. The van der Waals surface area contributed by atoms with Crippen LogP contribution in [-0.2, 0) is 6.42 Å². The summed E-state index contributed by atoms with van der Waals surface area (Å²) < 4.78 is 0. The van der Waals surface area contributed by atoms with Crippen molar-refractivity contribution >= 4 is 5.69 Å². The summed E-state index contributed by atoms with van der Waals surface area (Å²) in [6.45, 7) is 1.79. The van der Waals surface area contributed by atoms with Gasteiger partial charge in [-0.15, -0.1) is 0 Å². The summed E-state index contributed by atoms with van der Waals surface area (Å²) in [5.41, 5.74) is 6.02. The molecule has 0 aliphatic carbocycles. The molecule has 2 N–H and O–H groups in total. The lowest BCUT2D eigenvalue weighted by Gasteiger charge is -2.03. The van der Waals surface area contributed by atoms with Crippen LogP contribution in [0.3, 0.4) is 0 Å². The predicted octanol–water partition coefficient (Wildman–Crippen LogP) is 0.879. The van der Waals surface area contributed by atoms with Gasteiger partial charge in [0.25, 0.3) is 5.69 Å². The van der Waals surface area contributed by atoms with E-state index in [0.29, 0.717) is 12.1 Å². The Kier molecular flexibility index (Phi) is 2.92. The Balaban J connectivity index is 2.98. The maximum atomic E-state index is 10.5. The molecule has 0 fully saturated rings. The van der Waals surface area contributed by atoms with Crippen molar-refractivity contribution in [2.45, 2.75) is 19.4 Å². The topological polar surface area (TPSA) is 82.0 Å². The minimum Gasteiger partial charge on any atom is -0.328 e. The van der Waals surface area contributed by atoms with Gasteiger partial charge in [-0.25, -0.2) is 0 Å². The van der Waals surface area contributed by atoms with Crippen molar-refractivity contribution in [2.75, 3.05) is 0 Å². The van der Waals surface area contributed by atoms with Crippen molar-refractivity contribution in [3.05, 3.63) is 34.1 Å². The largest absolute Gasteiger partial charge is 0.328 e. The van der Waals surface area contributed by atoms with Gasteiger partial charge in [0.05, 0.1) is 4.92 Å². The van der Waals surface area contributed by atoms with E-state index >= 15 is 0 Å². The van der Waals surface area contributed by atoms with Crippen LogP contribution in [-0.4, -0.2) is 15.9 Å². The Bertz CT molecular complexity index is 312. The van der Waals surface area contributed by atoms with Gasteiger partial charge in [0.2, 0.25) is 0 Å². The minimum absolute atomic E-state index is 0.0415. The first kappa shape index (κ1) is 9.60. The van der Waals surface area contributed by atoms with Gasteiger partial charge in [-0.3, -0.25) is 15.1 Å². The van der Waals surface area contributed by atoms with Crippen LogP contribution in [0.2, 0.25) is 0 Å². The van der Waals surface area contributed by atoms with Gasteiger partial charge in [0, 0.05) is 24.7 Å². The quantitative estimate of drug-likeness (QED) is 0.554. The molecule has 5 nitrogen and oxygen atoms in total. The molecule has 0 saturated carbocycles. The summed E-state index contributed by atoms with van der Waals surface area (Å²) in [4.78, 5) is 14.0. The highest BCUT2D eigenvalue weighted by molar-refractivity contribution is 5.34. The second-order valence-corrected chi connectivity index (χ2v) is 2.91. The Morgan fingerprint density at radius 1 is 1.77 bits per heavy atom. The number of hydrogen-bond donors (Lipinski definition) is 1. The molecule has 0 saturated heterocycles. The molecular formula is C8H11N3O2. The van der Waals surface area contributed by atoms with Crippen LogP contribution < -0.4 is 5.73 Å². The highest BCUT2D eigenvalue weighted by Gasteiger charge is 2.14. The van der Waals surface area contributed by atoms with Gasteiger partial charge >= 0.3 is 0 Å². The summed E-state index contributed by atoms with van der Waals surface area (Å²) in [6, 6.07) is 2.86. The number of pyridine rings is 1. The first-order valence-corrected chi connectivity index (χ1v) is 3.95. The molecule has 1 aromatic heterocycles. The van der Waals surface area contributed by atoms with Crippen LogP contribution in [0.4, 0.5) is 5.69 Å². The molecule has 70 valence electrons. The molecule has 1 unspecified atom stereocenters. The lowest BCUT2D eigenvalue weighted by molar-refractivity contribution is -0.386. The Hall–Kier alpha value is -1.49. The molecule has 0 amide bonds. The summed E-state index contributed by atoms with van der Waals surface area (Å²) in [5.74, 6) is 0. The molecular weight excluding hydrogens is 170 g/mol. The maximum Gasteiger partial charge on any atom is 0.290 e. The number of rotatable bonds is 3. The molecule has 1 atom stereocenters. The smallest absolute Gasteiger partial charge is 0.290 e. The van der Waals surface area contributed by atoms with E-state index in [1.165, 1.54) is 12.3 Å². The molecule has 5 heteroatoms. The van der Waals surface area contributed by atoms with Crippen molar-refractivity contribution < 1.29 is 4.92 Å². The third-order valence-corrected chi connectivity index (χ3v) is 1.58. The highest BCUT2D eigenvalue weighted by Crippen LogP contribution is 2.15. The highest BCUT2D eigenvalue weighted by atomic mass is 16.6. The van der Waals surface area contributed by atoms with E-state index in [4.69, 9.17) is 5.73 Å². The Morgan fingerprint density at radius 3 is 3.00 bits per heavy atom. The van der Waals surface area contributed by atoms with Gasteiger partial charge in [-0.2, -0.15) is 0 Å². The summed E-state index contributed by atoms with van der Waals surface area (Å²) in [6.07, 6.45) is 1.96. The average molecular weight is 181 g/mol. The van der Waals surface area contributed by atoms with Crippen LogP contribution >= 0.6 is 0 Å². The standard InChI is InChI=1S/C8H11N3O2/c1-6(9)5-7-8(11(12)13)3-2-4-10-7/h2-4,6H,5,9H2,1H3. The summed E-state index contributed by atoms with van der Waals surface area (Å²) in [7, 11) is 0. The number of nitrogens with zero attached hydrogens (tertiary/aromatic N) is 2. The van der Waals surface area contributed by atoms with Gasteiger partial charge in [0.15, 0.2) is 0 Å². The van der Waals surface area contributed by atoms with Gasteiger partial charge in [-0.1, -0.05) is 0 Å². The first-order chi connectivity index (χ1) is 6.11. The number of aromatic nitrogens is 1. The molecule has 1 aromatic rings. The van der Waals surface area contributed by atoms with Crippen LogP contribution in [0.15, 0.2) is 18.3 Å². The zero-order valence-electron chi connectivity index (χ0n) is 7.30. The third-order valence-electron chi connectivity index (χ3n) is 1.58. The van der Waals surface area contributed by atoms with Crippen molar-refractivity contribution in [2.24, 2.45) is 5.73 Å². The fourth-order valence-electron chi connectivity index (χ4n) is 1.06. The zero-order valence-corrected chi connectivity index (χ0v) is 7.30. The molecule has 0 aliphatic rings. The van der Waals surface area contributed by atoms with Crippen molar-refractivity contribution in [3.63, 3.8) is 0 Å². The summed E-state index contributed by atoms with van der Waals surface area (Å²) in [5, 5.41) is 10.5. The number of nitrogens with two attached hydrogens (primary N) is 1. The Morgan fingerprint density at radius 2 is 2.46 bits per heavy atom. The SMILES string of the molecule is CC(N)Cc1ncccc1[N+](=O)[O-]. The monoisotopic (exact) mass is 181 g/mol. The number of hydrogen-bond acceptors (Lipinski definition) is 4. The average Bonchev–Trinajstić information content (AvgIpc) is 2.03. The van der Waals surface area contributed by atoms with Crippen LogP contribution in [0.1, 0.15) is 12.6 Å². The van der Waals surface area contributed by atoms with Gasteiger partial charge in [-0.05, 0) is 13.0 Å². The zero-order chi connectivity index (χ0) is 9.84. The number of nitro groups is 1. The first-order valence-electron chi connectivity index (χ1n) is 3.95. The molecule has 0 bridgehead atoms. The van der Waals surface area contributed by atoms with Crippen LogP contribution in [0.5, 0.6) is 0 Å². The molecule has 0 spiro atoms. The molecule has 1 heterocycles. The normalized spacial score (nSPS) is 12.5. The lowest BCUT2D eigenvalue weighted by Crippen LogP contribution is -2.19. The molecule has 0 aromatic carbocycles. The van der Waals surface area contributed by atoms with E-state index in [-0.39, 0.29) is 11.7 Å². The van der Waals surface area contributed by atoms with E-state index in [9.17, 15) is 10.1 Å². The second-order valence-electron chi connectivity index (χ2n) is 2.91. The molecule has 13 heavy (non-hydrogen) atoms. The second kappa shape index (κ2) is 3.95. The fourth-order valence-corrected chi connectivity index (χ4v) is 1.06. The van der Waals surface area contributed by atoms with Crippen LogP contribution in [0, 0.1) is 10.1 Å². The maximum absolute atomic E-state index is 10.5.